The third kappa shape index (κ3) is 6.87. The molecule has 3 fully saturated rings. The number of hydrogen-bond donors (Lipinski definition) is 0. The summed E-state index contributed by atoms with van der Waals surface area (Å²) in [5.41, 5.74) is 0.409. The SMILES string of the molecule is COC(=O)C1=C(CS(=O)c2ccccc2)N=C(CC(=O)N2CCN(C34CCCC3CC(=O)C4)CC2)C(C(=O)OC)C1c1c(Cl)cccc1Cl. The normalized spacial score (nSPS) is 26.3. The number of rotatable bonds is 9. The van der Waals surface area contributed by atoms with Gasteiger partial charge in [0.1, 0.15) is 11.7 Å². The van der Waals surface area contributed by atoms with Crippen molar-refractivity contribution in [2.75, 3.05) is 46.2 Å². The summed E-state index contributed by atoms with van der Waals surface area (Å²) in [4.78, 5) is 63.2. The molecule has 0 N–H and O–H groups in total. The van der Waals surface area contributed by atoms with E-state index in [1.807, 2.05) is 0 Å². The maximum atomic E-state index is 14.0. The molecule has 260 valence electrons. The van der Waals surface area contributed by atoms with Crippen molar-refractivity contribution in [1.29, 1.82) is 0 Å². The molecule has 2 aliphatic heterocycles. The lowest BCUT2D eigenvalue weighted by Crippen LogP contribution is -2.58. The van der Waals surface area contributed by atoms with Gasteiger partial charge in [0, 0.05) is 71.1 Å². The molecule has 1 saturated heterocycles. The zero-order valence-corrected chi connectivity index (χ0v) is 29.8. The van der Waals surface area contributed by atoms with Crippen LogP contribution in [0.25, 0.3) is 0 Å². The van der Waals surface area contributed by atoms with E-state index in [2.05, 4.69) is 4.90 Å². The highest BCUT2D eigenvalue weighted by Crippen LogP contribution is 2.50. The summed E-state index contributed by atoms with van der Waals surface area (Å²) in [6.07, 6.45) is 4.15. The molecule has 0 bridgehead atoms. The topological polar surface area (TPSA) is 123 Å². The smallest absolute Gasteiger partial charge is 0.336 e. The van der Waals surface area contributed by atoms with Crippen LogP contribution >= 0.6 is 23.2 Å². The number of benzene rings is 2. The van der Waals surface area contributed by atoms with Gasteiger partial charge in [-0.1, -0.05) is 53.9 Å². The molecule has 49 heavy (non-hydrogen) atoms. The van der Waals surface area contributed by atoms with E-state index in [0.29, 0.717) is 55.6 Å². The highest BCUT2D eigenvalue weighted by molar-refractivity contribution is 7.85. The van der Waals surface area contributed by atoms with Gasteiger partial charge in [0.15, 0.2) is 0 Å². The molecule has 10 nitrogen and oxygen atoms in total. The Morgan fingerprint density at radius 1 is 0.980 bits per heavy atom. The molecule has 1 amide bonds. The number of Topliss-reactive ketones (excluding diaryl/α,β-unsaturated/α-hetero) is 1. The number of carbonyl (C=O) groups is 4. The van der Waals surface area contributed by atoms with Gasteiger partial charge in [-0.15, -0.1) is 0 Å². The van der Waals surface area contributed by atoms with E-state index in [0.717, 1.165) is 19.3 Å². The predicted octanol–water partition coefficient (Wildman–Crippen LogP) is 4.99. The van der Waals surface area contributed by atoms with E-state index in [9.17, 15) is 23.4 Å². The van der Waals surface area contributed by atoms with Crippen LogP contribution in [0.3, 0.4) is 0 Å². The molecule has 13 heteroatoms. The zero-order chi connectivity index (χ0) is 34.9. The van der Waals surface area contributed by atoms with E-state index >= 15 is 0 Å². The van der Waals surface area contributed by atoms with E-state index in [-0.39, 0.29) is 56.2 Å². The van der Waals surface area contributed by atoms with Crippen molar-refractivity contribution in [3.8, 4) is 0 Å². The van der Waals surface area contributed by atoms with Gasteiger partial charge in [0.05, 0.1) is 48.5 Å². The lowest BCUT2D eigenvalue weighted by atomic mass is 9.74. The number of amides is 1. The maximum Gasteiger partial charge on any atom is 0.336 e. The largest absolute Gasteiger partial charge is 0.468 e. The molecule has 4 aliphatic rings. The highest BCUT2D eigenvalue weighted by atomic mass is 35.5. The standard InChI is InChI=1S/C36H39Cl2N3O7S/c1-47-34(44)31-27(19-29(43)40-14-16-41(17-15-40)36-13-7-8-22(36)18-23(42)20-36)39-28(21-49(46)24-9-4-3-5-10-24)32(35(45)48-2)33(31)30-25(37)11-6-12-26(30)38/h3-6,9-12,22,31,33H,7-8,13-21H2,1-2H3. The number of ketones is 1. The van der Waals surface area contributed by atoms with Crippen molar-refractivity contribution in [2.45, 2.75) is 54.9 Å². The predicted molar refractivity (Wildman–Crippen MR) is 186 cm³/mol. The number of halogens is 2. The van der Waals surface area contributed by atoms with Gasteiger partial charge in [-0.25, -0.2) is 4.79 Å². The average Bonchev–Trinajstić information content (AvgIpc) is 3.65. The lowest BCUT2D eigenvalue weighted by molar-refractivity contribution is -0.143. The fraction of sp³-hybridized carbons (Fsp3) is 0.472. The van der Waals surface area contributed by atoms with Crippen molar-refractivity contribution in [1.82, 2.24) is 9.80 Å². The van der Waals surface area contributed by atoms with Gasteiger partial charge in [0.25, 0.3) is 0 Å². The Morgan fingerprint density at radius 3 is 2.33 bits per heavy atom. The molecule has 2 heterocycles. The van der Waals surface area contributed by atoms with Crippen molar-refractivity contribution < 1.29 is 32.9 Å². The Hall–Kier alpha value is -3.38. The molecular formula is C36H39Cl2N3O7S. The number of fused-ring (bicyclic) bond motifs is 1. The van der Waals surface area contributed by atoms with Crippen molar-refractivity contribution in [3.05, 3.63) is 75.4 Å². The number of aliphatic imine (C=N–C) groups is 1. The first-order chi connectivity index (χ1) is 23.6. The second-order valence-electron chi connectivity index (χ2n) is 13.0. The van der Waals surface area contributed by atoms with Gasteiger partial charge < -0.3 is 14.4 Å². The second kappa shape index (κ2) is 14.8. The first-order valence-corrected chi connectivity index (χ1v) is 18.5. The van der Waals surface area contributed by atoms with E-state index in [4.69, 9.17) is 37.7 Å². The minimum atomic E-state index is -1.65. The minimum Gasteiger partial charge on any atom is -0.468 e. The first kappa shape index (κ1) is 35.4. The fourth-order valence-corrected chi connectivity index (χ4v) is 10.0. The fourth-order valence-electron chi connectivity index (χ4n) is 8.29. The van der Waals surface area contributed by atoms with Crippen molar-refractivity contribution in [2.24, 2.45) is 16.8 Å². The summed E-state index contributed by atoms with van der Waals surface area (Å²) in [6.45, 7) is 2.22. The number of nitrogens with zero attached hydrogens (tertiary/aromatic N) is 3. The maximum absolute atomic E-state index is 14.0. The van der Waals surface area contributed by atoms with Gasteiger partial charge >= 0.3 is 11.9 Å². The molecule has 2 saturated carbocycles. The number of ether oxygens (including phenoxy) is 2. The van der Waals surface area contributed by atoms with Gasteiger partial charge in [-0.05, 0) is 48.6 Å². The minimum absolute atomic E-state index is 0.0292. The molecule has 0 aromatic heterocycles. The third-order valence-corrected chi connectivity index (χ3v) is 12.5. The molecule has 2 aromatic carbocycles. The Labute approximate surface area is 298 Å². The molecule has 6 rings (SSSR count). The van der Waals surface area contributed by atoms with E-state index < -0.39 is 34.6 Å². The molecule has 0 radical (unpaired) electrons. The summed E-state index contributed by atoms with van der Waals surface area (Å²) < 4.78 is 24.1. The number of carbonyl (C=O) groups excluding carboxylic acids is 4. The van der Waals surface area contributed by atoms with E-state index in [1.165, 1.54) is 14.2 Å². The molecule has 2 aliphatic carbocycles. The van der Waals surface area contributed by atoms with Crippen LogP contribution in [-0.4, -0.2) is 95.0 Å². The average molecular weight is 729 g/mol. The van der Waals surface area contributed by atoms with Crippen LogP contribution in [0, 0.1) is 11.8 Å². The second-order valence-corrected chi connectivity index (χ2v) is 15.3. The number of esters is 2. The van der Waals surface area contributed by atoms with Gasteiger partial charge in [0.2, 0.25) is 5.91 Å². The zero-order valence-electron chi connectivity index (χ0n) is 27.5. The summed E-state index contributed by atoms with van der Waals surface area (Å²) in [6, 6.07) is 13.6. The number of methoxy groups -OCH3 is 2. The monoisotopic (exact) mass is 727 g/mol. The summed E-state index contributed by atoms with van der Waals surface area (Å²) in [7, 11) is 0.776. The Kier molecular flexibility index (Phi) is 10.7. The van der Waals surface area contributed by atoms with Crippen molar-refractivity contribution in [3.63, 3.8) is 0 Å². The number of hydrogen-bond acceptors (Lipinski definition) is 9. The van der Waals surface area contributed by atoms with E-state index in [1.54, 1.807) is 53.4 Å². The Morgan fingerprint density at radius 2 is 1.67 bits per heavy atom. The quantitative estimate of drug-likeness (QED) is 0.331. The molecule has 5 unspecified atom stereocenters. The van der Waals surface area contributed by atoms with Crippen LogP contribution in [0.2, 0.25) is 10.0 Å². The third-order valence-electron chi connectivity index (χ3n) is 10.5. The van der Waals surface area contributed by atoms with Crippen LogP contribution in [0.5, 0.6) is 0 Å². The molecular weight excluding hydrogens is 689 g/mol. The van der Waals surface area contributed by atoms with Crippen LogP contribution in [0.15, 0.2) is 69.7 Å². The van der Waals surface area contributed by atoms with Gasteiger partial charge in [-0.2, -0.15) is 0 Å². The Balaban J connectivity index is 1.36. The molecule has 0 spiro atoms. The summed E-state index contributed by atoms with van der Waals surface area (Å²) >= 11 is 13.4. The van der Waals surface area contributed by atoms with Crippen LogP contribution in [0.1, 0.15) is 50.0 Å². The molecule has 2 aromatic rings. The highest BCUT2D eigenvalue weighted by Gasteiger charge is 2.54. The summed E-state index contributed by atoms with van der Waals surface area (Å²) in [5.74, 6) is -3.66. The molecule has 5 atom stereocenters. The lowest BCUT2D eigenvalue weighted by Gasteiger charge is -2.46. The van der Waals surface area contributed by atoms with Gasteiger partial charge in [-0.3, -0.25) is 28.5 Å². The van der Waals surface area contributed by atoms with Crippen LogP contribution in [-0.2, 0) is 39.5 Å². The first-order valence-electron chi connectivity index (χ1n) is 16.5. The van der Waals surface area contributed by atoms with Crippen LogP contribution in [0.4, 0.5) is 0 Å². The summed E-state index contributed by atoms with van der Waals surface area (Å²) in [5, 5.41) is 0.380. The van der Waals surface area contributed by atoms with Crippen molar-refractivity contribution >= 4 is 63.3 Å². The van der Waals surface area contributed by atoms with Crippen LogP contribution < -0.4 is 0 Å². The Bertz CT molecular complexity index is 1720. The number of piperazine rings is 1.